The van der Waals surface area contributed by atoms with E-state index >= 15 is 0 Å². The van der Waals surface area contributed by atoms with Gasteiger partial charge in [-0.05, 0) is 36.8 Å². The fourth-order valence-corrected chi connectivity index (χ4v) is 1.76. The van der Waals surface area contributed by atoms with E-state index in [1.807, 2.05) is 0 Å². The summed E-state index contributed by atoms with van der Waals surface area (Å²) in [6.45, 7) is 1.64. The number of anilines is 2. The lowest BCUT2D eigenvalue weighted by Crippen LogP contribution is -2.07. The fourth-order valence-electron chi connectivity index (χ4n) is 1.62. The van der Waals surface area contributed by atoms with Crippen molar-refractivity contribution in [3.8, 4) is 0 Å². The molecule has 0 saturated heterocycles. The summed E-state index contributed by atoms with van der Waals surface area (Å²) >= 11 is 5.54. The summed E-state index contributed by atoms with van der Waals surface area (Å²) < 4.78 is 26.3. The van der Waals surface area contributed by atoms with Crippen molar-refractivity contribution in [3.63, 3.8) is 0 Å². The SMILES string of the molecule is Cc1cc(F)ccc1Nc1nc(Cl)c(F)cc1C(=O)O. The molecule has 1 aromatic heterocycles. The van der Waals surface area contributed by atoms with Gasteiger partial charge in [0.15, 0.2) is 11.0 Å². The Labute approximate surface area is 118 Å². The highest BCUT2D eigenvalue weighted by molar-refractivity contribution is 6.29. The number of rotatable bonds is 3. The molecule has 0 unspecified atom stereocenters. The number of hydrogen-bond donors (Lipinski definition) is 2. The van der Waals surface area contributed by atoms with E-state index in [0.717, 1.165) is 6.07 Å². The van der Waals surface area contributed by atoms with Crippen LogP contribution in [0.4, 0.5) is 20.3 Å². The van der Waals surface area contributed by atoms with Crippen LogP contribution in [-0.4, -0.2) is 16.1 Å². The molecular weight excluding hydrogens is 290 g/mol. The lowest BCUT2D eigenvalue weighted by Gasteiger charge is -2.11. The Hall–Kier alpha value is -2.21. The van der Waals surface area contributed by atoms with Crippen LogP contribution >= 0.6 is 11.6 Å². The van der Waals surface area contributed by atoms with Crippen molar-refractivity contribution >= 4 is 29.1 Å². The van der Waals surface area contributed by atoms with Crippen LogP contribution in [0.15, 0.2) is 24.3 Å². The first kappa shape index (κ1) is 14.2. The molecule has 1 heterocycles. The summed E-state index contributed by atoms with van der Waals surface area (Å²) in [6, 6.07) is 4.68. The minimum Gasteiger partial charge on any atom is -0.478 e. The third-order valence-electron chi connectivity index (χ3n) is 2.61. The molecule has 0 radical (unpaired) electrons. The minimum atomic E-state index is -1.35. The largest absolute Gasteiger partial charge is 0.478 e. The quantitative estimate of drug-likeness (QED) is 0.847. The number of aryl methyl sites for hydroxylation is 1. The molecule has 0 aliphatic rings. The minimum absolute atomic E-state index is 0.112. The van der Waals surface area contributed by atoms with Gasteiger partial charge in [-0.1, -0.05) is 11.6 Å². The van der Waals surface area contributed by atoms with Crippen LogP contribution in [0.25, 0.3) is 0 Å². The number of carbonyl (C=O) groups is 1. The maximum Gasteiger partial charge on any atom is 0.339 e. The molecule has 20 heavy (non-hydrogen) atoms. The van der Waals surface area contributed by atoms with Gasteiger partial charge in [-0.3, -0.25) is 0 Å². The molecule has 2 aromatic rings. The Bertz CT molecular complexity index is 692. The van der Waals surface area contributed by atoms with Gasteiger partial charge in [0.05, 0.1) is 0 Å². The molecule has 2 rings (SSSR count). The zero-order chi connectivity index (χ0) is 14.9. The smallest absolute Gasteiger partial charge is 0.339 e. The molecule has 0 saturated carbocycles. The summed E-state index contributed by atoms with van der Waals surface area (Å²) in [6.07, 6.45) is 0. The van der Waals surface area contributed by atoms with Gasteiger partial charge in [0.25, 0.3) is 0 Å². The van der Waals surface area contributed by atoms with Gasteiger partial charge < -0.3 is 10.4 Å². The molecule has 0 spiro atoms. The summed E-state index contributed by atoms with van der Waals surface area (Å²) in [5.41, 5.74) is 0.628. The Morgan fingerprint density at radius 3 is 2.65 bits per heavy atom. The molecule has 0 fully saturated rings. The molecule has 0 amide bonds. The first-order valence-electron chi connectivity index (χ1n) is 5.51. The average Bonchev–Trinajstić information content (AvgIpc) is 2.36. The highest BCUT2D eigenvalue weighted by Crippen LogP contribution is 2.25. The second kappa shape index (κ2) is 5.42. The molecule has 4 nitrogen and oxygen atoms in total. The van der Waals surface area contributed by atoms with E-state index in [1.165, 1.54) is 18.2 Å². The standard InChI is InChI=1S/C13H9ClF2N2O2/c1-6-4-7(15)2-3-10(6)17-12-8(13(19)20)5-9(16)11(14)18-12/h2-5H,1H3,(H,17,18)(H,19,20). The Morgan fingerprint density at radius 2 is 2.05 bits per heavy atom. The Morgan fingerprint density at radius 1 is 1.35 bits per heavy atom. The van der Waals surface area contributed by atoms with E-state index in [2.05, 4.69) is 10.3 Å². The van der Waals surface area contributed by atoms with Crippen molar-refractivity contribution in [2.24, 2.45) is 0 Å². The number of carboxylic acid groups (broad SMARTS) is 1. The van der Waals surface area contributed by atoms with Crippen LogP contribution in [-0.2, 0) is 0 Å². The van der Waals surface area contributed by atoms with Crippen LogP contribution in [0.5, 0.6) is 0 Å². The maximum atomic E-state index is 13.3. The van der Waals surface area contributed by atoms with Crippen LogP contribution in [0.3, 0.4) is 0 Å². The number of nitrogens with one attached hydrogen (secondary N) is 1. The highest BCUT2D eigenvalue weighted by atomic mass is 35.5. The lowest BCUT2D eigenvalue weighted by molar-refractivity contribution is 0.0697. The van der Waals surface area contributed by atoms with Crippen molar-refractivity contribution < 1.29 is 18.7 Å². The predicted molar refractivity (Wildman–Crippen MR) is 70.6 cm³/mol. The predicted octanol–water partition coefficient (Wildman–Crippen LogP) is 3.76. The monoisotopic (exact) mass is 298 g/mol. The second-order valence-electron chi connectivity index (χ2n) is 4.05. The van der Waals surface area contributed by atoms with Crippen molar-refractivity contribution in [1.29, 1.82) is 0 Å². The number of nitrogens with zero attached hydrogens (tertiary/aromatic N) is 1. The summed E-state index contributed by atoms with van der Waals surface area (Å²) in [4.78, 5) is 14.7. The number of pyridine rings is 1. The second-order valence-corrected chi connectivity index (χ2v) is 4.40. The molecule has 1 aromatic carbocycles. The van der Waals surface area contributed by atoms with Gasteiger partial charge in [-0.15, -0.1) is 0 Å². The van der Waals surface area contributed by atoms with Gasteiger partial charge >= 0.3 is 5.97 Å². The van der Waals surface area contributed by atoms with Crippen LogP contribution in [0.1, 0.15) is 15.9 Å². The number of aromatic carboxylic acids is 1. The van der Waals surface area contributed by atoms with E-state index in [1.54, 1.807) is 6.92 Å². The number of hydrogen-bond acceptors (Lipinski definition) is 3. The van der Waals surface area contributed by atoms with Gasteiger partial charge in [0.1, 0.15) is 17.2 Å². The molecular formula is C13H9ClF2N2O2. The summed E-state index contributed by atoms with van der Waals surface area (Å²) in [7, 11) is 0. The van der Waals surface area contributed by atoms with Gasteiger partial charge in [-0.25, -0.2) is 18.6 Å². The number of benzene rings is 1. The number of carboxylic acids is 1. The van der Waals surface area contributed by atoms with Crippen molar-refractivity contribution in [1.82, 2.24) is 4.98 Å². The summed E-state index contributed by atoms with van der Waals surface area (Å²) in [5.74, 6) is -2.81. The molecule has 7 heteroatoms. The Kier molecular flexibility index (Phi) is 3.85. The average molecular weight is 299 g/mol. The van der Waals surface area contributed by atoms with Crippen LogP contribution in [0.2, 0.25) is 5.15 Å². The van der Waals surface area contributed by atoms with E-state index in [4.69, 9.17) is 16.7 Å². The zero-order valence-corrected chi connectivity index (χ0v) is 11.0. The van der Waals surface area contributed by atoms with Crippen LogP contribution < -0.4 is 5.32 Å². The topological polar surface area (TPSA) is 62.2 Å². The van der Waals surface area contributed by atoms with Gasteiger partial charge in [0, 0.05) is 5.69 Å². The lowest BCUT2D eigenvalue weighted by atomic mass is 10.2. The molecule has 0 bridgehead atoms. The van der Waals surface area contributed by atoms with Crippen molar-refractivity contribution in [2.75, 3.05) is 5.32 Å². The maximum absolute atomic E-state index is 13.3. The van der Waals surface area contributed by atoms with Gasteiger partial charge in [-0.2, -0.15) is 0 Å². The van der Waals surface area contributed by atoms with Crippen molar-refractivity contribution in [3.05, 3.63) is 52.2 Å². The van der Waals surface area contributed by atoms with E-state index in [-0.39, 0.29) is 11.4 Å². The first-order chi connectivity index (χ1) is 9.38. The fraction of sp³-hybridized carbons (Fsp3) is 0.0769. The zero-order valence-electron chi connectivity index (χ0n) is 10.2. The van der Waals surface area contributed by atoms with Crippen molar-refractivity contribution in [2.45, 2.75) is 6.92 Å². The van der Waals surface area contributed by atoms with Crippen LogP contribution in [0, 0.1) is 18.6 Å². The Balaban J connectivity index is 2.47. The molecule has 0 aliphatic carbocycles. The highest BCUT2D eigenvalue weighted by Gasteiger charge is 2.16. The van der Waals surface area contributed by atoms with E-state index < -0.39 is 22.8 Å². The third kappa shape index (κ3) is 2.85. The number of aromatic nitrogens is 1. The van der Waals surface area contributed by atoms with E-state index in [0.29, 0.717) is 11.3 Å². The van der Waals surface area contributed by atoms with E-state index in [9.17, 15) is 13.6 Å². The first-order valence-corrected chi connectivity index (χ1v) is 5.89. The molecule has 2 N–H and O–H groups in total. The summed E-state index contributed by atoms with van der Waals surface area (Å²) in [5, 5.41) is 11.3. The third-order valence-corrected chi connectivity index (χ3v) is 2.87. The molecule has 104 valence electrons. The molecule has 0 aliphatic heterocycles. The normalized spacial score (nSPS) is 10.4. The van der Waals surface area contributed by atoms with Gasteiger partial charge in [0.2, 0.25) is 0 Å². The molecule has 0 atom stereocenters. The number of halogens is 3.